The molecule has 3 heteroatoms. The van der Waals surface area contributed by atoms with E-state index in [4.69, 9.17) is 5.11 Å². The van der Waals surface area contributed by atoms with Gasteiger partial charge >= 0.3 is 0 Å². The Bertz CT molecular complexity index is 122. The number of aliphatic hydroxyl groups is 1. The summed E-state index contributed by atoms with van der Waals surface area (Å²) >= 11 is 0. The zero-order valence-corrected chi connectivity index (χ0v) is 5.42. The standard InChI is InChI=1S/C6H11NO2/c1-4(8)5-2-3-6(9)7-5/h4-5,8H,2-3H2,1H3,(H,7,9)/t4-,5?/m0/s1. The Labute approximate surface area is 54.1 Å². The summed E-state index contributed by atoms with van der Waals surface area (Å²) in [6, 6.07) is -0.00231. The molecule has 1 saturated heterocycles. The van der Waals surface area contributed by atoms with E-state index >= 15 is 0 Å². The maximum absolute atomic E-state index is 10.5. The summed E-state index contributed by atoms with van der Waals surface area (Å²) in [5, 5.41) is 11.6. The number of nitrogens with one attached hydrogen (secondary N) is 1. The van der Waals surface area contributed by atoms with Crippen molar-refractivity contribution in [2.24, 2.45) is 0 Å². The zero-order valence-electron chi connectivity index (χ0n) is 5.42. The Balaban J connectivity index is 2.39. The molecule has 0 aromatic heterocycles. The summed E-state index contributed by atoms with van der Waals surface area (Å²) in [6.07, 6.45) is 0.933. The van der Waals surface area contributed by atoms with Gasteiger partial charge in [-0.15, -0.1) is 0 Å². The molecule has 0 aromatic rings. The Morgan fingerprint density at radius 3 is 2.78 bits per heavy atom. The van der Waals surface area contributed by atoms with E-state index in [2.05, 4.69) is 5.32 Å². The largest absolute Gasteiger partial charge is 0.391 e. The molecule has 9 heavy (non-hydrogen) atoms. The third-order valence-electron chi connectivity index (χ3n) is 1.61. The number of hydrogen-bond acceptors (Lipinski definition) is 2. The Hall–Kier alpha value is -0.570. The van der Waals surface area contributed by atoms with Crippen LogP contribution in [0, 0.1) is 0 Å². The molecule has 1 aliphatic heterocycles. The number of aliphatic hydroxyl groups excluding tert-OH is 1. The number of rotatable bonds is 1. The van der Waals surface area contributed by atoms with Gasteiger partial charge in [0.25, 0.3) is 0 Å². The van der Waals surface area contributed by atoms with E-state index in [-0.39, 0.29) is 11.9 Å². The molecule has 0 radical (unpaired) electrons. The van der Waals surface area contributed by atoms with Gasteiger partial charge in [-0.3, -0.25) is 4.79 Å². The summed E-state index contributed by atoms with van der Waals surface area (Å²) in [7, 11) is 0. The van der Waals surface area contributed by atoms with Crippen LogP contribution in [-0.4, -0.2) is 23.2 Å². The van der Waals surface area contributed by atoms with Gasteiger partial charge in [0.05, 0.1) is 12.1 Å². The van der Waals surface area contributed by atoms with E-state index in [0.717, 1.165) is 6.42 Å². The number of amides is 1. The second-order valence-electron chi connectivity index (χ2n) is 2.45. The van der Waals surface area contributed by atoms with Crippen LogP contribution in [0.15, 0.2) is 0 Å². The third kappa shape index (κ3) is 1.42. The van der Waals surface area contributed by atoms with Crippen LogP contribution in [0.3, 0.4) is 0 Å². The van der Waals surface area contributed by atoms with Gasteiger partial charge in [-0.25, -0.2) is 0 Å². The lowest BCUT2D eigenvalue weighted by atomic mass is 10.1. The van der Waals surface area contributed by atoms with Crippen molar-refractivity contribution in [3.8, 4) is 0 Å². The highest BCUT2D eigenvalue weighted by molar-refractivity contribution is 5.78. The van der Waals surface area contributed by atoms with E-state index in [1.165, 1.54) is 0 Å². The van der Waals surface area contributed by atoms with E-state index in [9.17, 15) is 4.79 Å². The van der Waals surface area contributed by atoms with Crippen molar-refractivity contribution < 1.29 is 9.90 Å². The third-order valence-corrected chi connectivity index (χ3v) is 1.61. The van der Waals surface area contributed by atoms with Crippen LogP contribution in [0.5, 0.6) is 0 Å². The molecule has 1 aliphatic rings. The molecule has 0 bridgehead atoms. The van der Waals surface area contributed by atoms with E-state index in [1.807, 2.05) is 0 Å². The normalized spacial score (nSPS) is 30.0. The highest BCUT2D eigenvalue weighted by atomic mass is 16.3. The fraction of sp³-hybridized carbons (Fsp3) is 0.833. The number of carbonyl (C=O) groups excluding carboxylic acids is 1. The van der Waals surface area contributed by atoms with Crippen molar-refractivity contribution in [3.63, 3.8) is 0 Å². The fourth-order valence-electron chi connectivity index (χ4n) is 1.000. The first-order valence-corrected chi connectivity index (χ1v) is 3.17. The van der Waals surface area contributed by atoms with Gasteiger partial charge in [-0.05, 0) is 13.3 Å². The van der Waals surface area contributed by atoms with Crippen LogP contribution < -0.4 is 5.32 Å². The van der Waals surface area contributed by atoms with Crippen molar-refractivity contribution in [1.29, 1.82) is 0 Å². The van der Waals surface area contributed by atoms with Crippen molar-refractivity contribution >= 4 is 5.91 Å². The van der Waals surface area contributed by atoms with Gasteiger partial charge < -0.3 is 10.4 Å². The van der Waals surface area contributed by atoms with Gasteiger partial charge in [-0.2, -0.15) is 0 Å². The molecule has 52 valence electrons. The summed E-state index contributed by atoms with van der Waals surface area (Å²) in [6.45, 7) is 1.69. The molecule has 0 spiro atoms. The topological polar surface area (TPSA) is 49.3 Å². The van der Waals surface area contributed by atoms with Crippen molar-refractivity contribution in [2.45, 2.75) is 31.9 Å². The summed E-state index contributed by atoms with van der Waals surface area (Å²) in [5.74, 6) is 0.0564. The molecule has 1 rings (SSSR count). The lowest BCUT2D eigenvalue weighted by Gasteiger charge is -2.11. The minimum Gasteiger partial charge on any atom is -0.391 e. The smallest absolute Gasteiger partial charge is 0.220 e. The molecule has 2 N–H and O–H groups in total. The summed E-state index contributed by atoms with van der Waals surface area (Å²) in [4.78, 5) is 10.5. The molecule has 2 atom stereocenters. The highest BCUT2D eigenvalue weighted by Gasteiger charge is 2.23. The van der Waals surface area contributed by atoms with Gasteiger partial charge in [0.15, 0.2) is 0 Å². The zero-order chi connectivity index (χ0) is 6.85. The molecule has 0 aliphatic carbocycles. The second-order valence-corrected chi connectivity index (χ2v) is 2.45. The molecule has 1 heterocycles. The average molecular weight is 129 g/mol. The van der Waals surface area contributed by atoms with Gasteiger partial charge in [-0.1, -0.05) is 0 Å². The number of carbonyl (C=O) groups is 1. The maximum Gasteiger partial charge on any atom is 0.220 e. The lowest BCUT2D eigenvalue weighted by molar-refractivity contribution is -0.119. The first-order chi connectivity index (χ1) is 4.20. The molecule has 0 aromatic carbocycles. The first kappa shape index (κ1) is 6.55. The van der Waals surface area contributed by atoms with Crippen molar-refractivity contribution in [2.75, 3.05) is 0 Å². The first-order valence-electron chi connectivity index (χ1n) is 3.17. The van der Waals surface area contributed by atoms with Crippen LogP contribution in [0.25, 0.3) is 0 Å². The SMILES string of the molecule is C[C@H](O)C1CCC(=O)N1. The van der Waals surface area contributed by atoms with Gasteiger partial charge in [0, 0.05) is 6.42 Å². The average Bonchev–Trinajstić information content (AvgIpc) is 2.14. The minimum absolute atomic E-state index is 0.00231. The molecule has 3 nitrogen and oxygen atoms in total. The minimum atomic E-state index is -0.406. The van der Waals surface area contributed by atoms with Gasteiger partial charge in [0.2, 0.25) is 5.91 Å². The lowest BCUT2D eigenvalue weighted by Crippen LogP contribution is -2.34. The van der Waals surface area contributed by atoms with Crippen molar-refractivity contribution in [1.82, 2.24) is 5.32 Å². The number of hydrogen-bond donors (Lipinski definition) is 2. The predicted octanol–water partition coefficient (Wildman–Crippen LogP) is -0.354. The monoisotopic (exact) mass is 129 g/mol. The van der Waals surface area contributed by atoms with Crippen LogP contribution >= 0.6 is 0 Å². The summed E-state index contributed by atoms with van der Waals surface area (Å²) < 4.78 is 0. The quantitative estimate of drug-likeness (QED) is 0.508. The fourth-order valence-corrected chi connectivity index (χ4v) is 1.000. The molecule has 1 amide bonds. The second kappa shape index (κ2) is 2.35. The molecule has 0 saturated carbocycles. The Morgan fingerprint density at radius 2 is 2.56 bits per heavy atom. The Kier molecular flexibility index (Phi) is 1.71. The maximum atomic E-state index is 10.5. The van der Waals surface area contributed by atoms with Crippen LogP contribution in [0.4, 0.5) is 0 Å². The molecular weight excluding hydrogens is 118 g/mol. The molecular formula is C6H11NO2. The molecule has 1 unspecified atom stereocenters. The Morgan fingerprint density at radius 1 is 1.89 bits per heavy atom. The highest BCUT2D eigenvalue weighted by Crippen LogP contribution is 2.09. The van der Waals surface area contributed by atoms with Crippen molar-refractivity contribution in [3.05, 3.63) is 0 Å². The van der Waals surface area contributed by atoms with E-state index < -0.39 is 6.10 Å². The predicted molar refractivity (Wildman–Crippen MR) is 32.8 cm³/mol. The van der Waals surface area contributed by atoms with Crippen LogP contribution in [-0.2, 0) is 4.79 Å². The van der Waals surface area contributed by atoms with E-state index in [0.29, 0.717) is 6.42 Å². The van der Waals surface area contributed by atoms with Crippen LogP contribution in [0.2, 0.25) is 0 Å². The van der Waals surface area contributed by atoms with Gasteiger partial charge in [0.1, 0.15) is 0 Å². The molecule has 1 fully saturated rings. The summed E-state index contributed by atoms with van der Waals surface area (Å²) in [5.41, 5.74) is 0. The van der Waals surface area contributed by atoms with Crippen LogP contribution in [0.1, 0.15) is 19.8 Å². The van der Waals surface area contributed by atoms with E-state index in [1.54, 1.807) is 6.92 Å².